The molecule has 0 spiro atoms. The molecule has 0 saturated heterocycles. The van der Waals surface area contributed by atoms with E-state index in [9.17, 15) is 0 Å². The van der Waals surface area contributed by atoms with Gasteiger partial charge in [0.2, 0.25) is 0 Å². The summed E-state index contributed by atoms with van der Waals surface area (Å²) in [7, 11) is 0. The fourth-order valence-electron chi connectivity index (χ4n) is 2.59. The van der Waals surface area contributed by atoms with Crippen LogP contribution in [0, 0.1) is 0 Å². The lowest BCUT2D eigenvalue weighted by Gasteiger charge is -1.93. The van der Waals surface area contributed by atoms with Crippen molar-refractivity contribution in [3.05, 3.63) is 48.2 Å². The van der Waals surface area contributed by atoms with E-state index in [-0.39, 0.29) is 0 Å². The average molecular weight is 308 g/mol. The third-order valence-corrected chi connectivity index (χ3v) is 3.69. The number of hydrogen-bond donors (Lipinski definition) is 2. The molecular formula is C17H16N4O2. The molecule has 0 unspecified atom stereocenters. The average Bonchev–Trinajstić information content (AvgIpc) is 3.09. The van der Waals surface area contributed by atoms with Gasteiger partial charge in [0.05, 0.1) is 0 Å². The molecule has 0 bridgehead atoms. The van der Waals surface area contributed by atoms with Crippen molar-refractivity contribution in [1.29, 1.82) is 0 Å². The van der Waals surface area contributed by atoms with Crippen molar-refractivity contribution in [3.8, 4) is 0 Å². The summed E-state index contributed by atoms with van der Waals surface area (Å²) in [5.74, 6) is 1.40. The summed E-state index contributed by atoms with van der Waals surface area (Å²) in [5, 5.41) is 0. The zero-order chi connectivity index (χ0) is 15.8. The second-order valence-electron chi connectivity index (χ2n) is 5.52. The molecule has 4 rings (SSSR count). The molecule has 0 aliphatic rings. The maximum absolute atomic E-state index is 5.75. The number of oxazole rings is 2. The van der Waals surface area contributed by atoms with E-state index in [0.717, 1.165) is 41.5 Å². The van der Waals surface area contributed by atoms with Gasteiger partial charge in [0.25, 0.3) is 0 Å². The molecule has 4 N–H and O–H groups in total. The van der Waals surface area contributed by atoms with Gasteiger partial charge in [0.15, 0.2) is 22.9 Å². The Morgan fingerprint density at radius 1 is 0.739 bits per heavy atom. The quantitative estimate of drug-likeness (QED) is 0.560. The van der Waals surface area contributed by atoms with Gasteiger partial charge in [-0.25, -0.2) is 9.97 Å². The van der Waals surface area contributed by atoms with Gasteiger partial charge in [-0.15, -0.1) is 0 Å². The highest BCUT2D eigenvalue weighted by atomic mass is 16.4. The predicted octanol–water partition coefficient (Wildman–Crippen LogP) is 3.31. The molecule has 6 nitrogen and oxygen atoms in total. The summed E-state index contributed by atoms with van der Waals surface area (Å²) < 4.78 is 11.4. The standard InChI is InChI=1S/C17H16N4O2/c18-10-4-6-14-12(8-10)20-16(22-14)2-1-3-17-21-13-9-11(19)5-7-15(13)23-17/h4-9H,1-3,18-19H2. The van der Waals surface area contributed by atoms with Gasteiger partial charge in [-0.2, -0.15) is 0 Å². The van der Waals surface area contributed by atoms with Crippen molar-refractivity contribution in [3.63, 3.8) is 0 Å². The van der Waals surface area contributed by atoms with E-state index in [1.165, 1.54) is 0 Å². The number of hydrogen-bond acceptors (Lipinski definition) is 6. The summed E-state index contributed by atoms with van der Waals surface area (Å²) in [4.78, 5) is 8.89. The van der Waals surface area contributed by atoms with Crippen LogP contribution >= 0.6 is 0 Å². The van der Waals surface area contributed by atoms with Crippen LogP contribution in [0.5, 0.6) is 0 Å². The highest BCUT2D eigenvalue weighted by Gasteiger charge is 2.09. The number of benzene rings is 2. The molecule has 0 aliphatic carbocycles. The minimum absolute atomic E-state index is 0.683. The van der Waals surface area contributed by atoms with E-state index >= 15 is 0 Å². The summed E-state index contributed by atoms with van der Waals surface area (Å²) in [5.41, 5.74) is 15.9. The fourth-order valence-corrected chi connectivity index (χ4v) is 2.59. The Balaban J connectivity index is 1.45. The lowest BCUT2D eigenvalue weighted by Crippen LogP contribution is -1.90. The molecule has 0 radical (unpaired) electrons. The molecule has 0 saturated carbocycles. The van der Waals surface area contributed by atoms with E-state index in [1.54, 1.807) is 12.1 Å². The van der Waals surface area contributed by atoms with Crippen LogP contribution in [0.15, 0.2) is 45.2 Å². The van der Waals surface area contributed by atoms with Crippen LogP contribution in [0.4, 0.5) is 11.4 Å². The van der Waals surface area contributed by atoms with Crippen LogP contribution in [-0.2, 0) is 12.8 Å². The van der Waals surface area contributed by atoms with Gasteiger partial charge in [-0.3, -0.25) is 0 Å². The second kappa shape index (κ2) is 5.31. The number of aromatic nitrogens is 2. The zero-order valence-corrected chi connectivity index (χ0v) is 12.5. The third-order valence-electron chi connectivity index (χ3n) is 3.69. The number of nitrogens with two attached hydrogens (primary N) is 2. The van der Waals surface area contributed by atoms with E-state index in [4.69, 9.17) is 20.3 Å². The zero-order valence-electron chi connectivity index (χ0n) is 12.5. The maximum Gasteiger partial charge on any atom is 0.195 e. The molecule has 0 atom stereocenters. The van der Waals surface area contributed by atoms with Gasteiger partial charge in [-0.1, -0.05) is 0 Å². The Morgan fingerprint density at radius 2 is 1.22 bits per heavy atom. The van der Waals surface area contributed by atoms with Gasteiger partial charge >= 0.3 is 0 Å². The van der Waals surface area contributed by atoms with E-state index in [2.05, 4.69) is 9.97 Å². The molecule has 116 valence electrons. The Kier molecular flexibility index (Phi) is 3.15. The summed E-state index contributed by atoms with van der Waals surface area (Å²) in [6, 6.07) is 10.9. The summed E-state index contributed by atoms with van der Waals surface area (Å²) in [6.07, 6.45) is 2.27. The number of fused-ring (bicyclic) bond motifs is 2. The first-order chi connectivity index (χ1) is 11.2. The van der Waals surface area contributed by atoms with Crippen molar-refractivity contribution >= 4 is 33.6 Å². The number of nitrogen functional groups attached to an aromatic ring is 2. The molecule has 2 aromatic heterocycles. The first-order valence-electron chi connectivity index (χ1n) is 7.47. The van der Waals surface area contributed by atoms with Crippen LogP contribution in [-0.4, -0.2) is 9.97 Å². The first kappa shape index (κ1) is 13.6. The molecule has 2 heterocycles. The second-order valence-corrected chi connectivity index (χ2v) is 5.52. The molecule has 23 heavy (non-hydrogen) atoms. The van der Waals surface area contributed by atoms with E-state index in [1.807, 2.05) is 24.3 Å². The van der Waals surface area contributed by atoms with Crippen molar-refractivity contribution in [2.24, 2.45) is 0 Å². The number of rotatable bonds is 4. The normalized spacial score (nSPS) is 11.5. The molecule has 2 aromatic carbocycles. The maximum atomic E-state index is 5.75. The van der Waals surface area contributed by atoms with E-state index in [0.29, 0.717) is 23.2 Å². The minimum atomic E-state index is 0.683. The summed E-state index contributed by atoms with van der Waals surface area (Å²) in [6.45, 7) is 0. The topological polar surface area (TPSA) is 104 Å². The highest BCUT2D eigenvalue weighted by molar-refractivity contribution is 5.77. The van der Waals surface area contributed by atoms with Crippen LogP contribution in [0.25, 0.3) is 22.2 Å². The van der Waals surface area contributed by atoms with Gasteiger partial charge in [0, 0.05) is 24.2 Å². The van der Waals surface area contributed by atoms with E-state index < -0.39 is 0 Å². The Hall–Kier alpha value is -3.02. The third kappa shape index (κ3) is 2.70. The monoisotopic (exact) mass is 308 g/mol. The van der Waals surface area contributed by atoms with Crippen molar-refractivity contribution in [2.45, 2.75) is 19.3 Å². The molecule has 6 heteroatoms. The fraction of sp³-hybridized carbons (Fsp3) is 0.176. The van der Waals surface area contributed by atoms with Crippen LogP contribution < -0.4 is 11.5 Å². The Labute approximate surface area is 132 Å². The Bertz CT molecular complexity index is 907. The van der Waals surface area contributed by atoms with Crippen LogP contribution in [0.3, 0.4) is 0 Å². The lowest BCUT2D eigenvalue weighted by molar-refractivity contribution is 0.489. The smallest absolute Gasteiger partial charge is 0.195 e. The van der Waals surface area contributed by atoms with Crippen molar-refractivity contribution < 1.29 is 8.83 Å². The van der Waals surface area contributed by atoms with Crippen molar-refractivity contribution in [2.75, 3.05) is 11.5 Å². The summed E-state index contributed by atoms with van der Waals surface area (Å²) >= 11 is 0. The van der Waals surface area contributed by atoms with Crippen LogP contribution in [0.1, 0.15) is 18.2 Å². The lowest BCUT2D eigenvalue weighted by atomic mass is 10.2. The van der Waals surface area contributed by atoms with Crippen molar-refractivity contribution in [1.82, 2.24) is 9.97 Å². The highest BCUT2D eigenvalue weighted by Crippen LogP contribution is 2.21. The molecule has 0 fully saturated rings. The van der Waals surface area contributed by atoms with Gasteiger partial charge in [0.1, 0.15) is 11.0 Å². The van der Waals surface area contributed by atoms with Gasteiger partial charge < -0.3 is 20.3 Å². The van der Waals surface area contributed by atoms with Crippen LogP contribution in [0.2, 0.25) is 0 Å². The largest absolute Gasteiger partial charge is 0.441 e. The SMILES string of the molecule is Nc1ccc2oc(CCCc3nc4cc(N)ccc4o3)nc2c1. The molecule has 4 aromatic rings. The molecule has 0 amide bonds. The predicted molar refractivity (Wildman–Crippen MR) is 88.9 cm³/mol. The number of aryl methyl sites for hydroxylation is 2. The molecular weight excluding hydrogens is 292 g/mol. The Morgan fingerprint density at radius 3 is 1.70 bits per heavy atom. The number of nitrogens with zero attached hydrogens (tertiary/aromatic N) is 2. The first-order valence-corrected chi connectivity index (χ1v) is 7.47. The molecule has 0 aliphatic heterocycles. The number of anilines is 2. The van der Waals surface area contributed by atoms with Gasteiger partial charge in [-0.05, 0) is 42.8 Å². The minimum Gasteiger partial charge on any atom is -0.441 e.